The summed E-state index contributed by atoms with van der Waals surface area (Å²) < 4.78 is 22.8. The summed E-state index contributed by atoms with van der Waals surface area (Å²) in [6, 6.07) is 10.6. The minimum Gasteiger partial charge on any atom is -0.305 e. The Balaban J connectivity index is 2.11. The molecule has 2 aromatic rings. The van der Waals surface area contributed by atoms with Crippen molar-refractivity contribution < 1.29 is 8.42 Å². The van der Waals surface area contributed by atoms with Gasteiger partial charge in [-0.2, -0.15) is 0 Å². The number of primary sulfonamides is 1. The molecule has 1 unspecified atom stereocenters. The zero-order valence-corrected chi connectivity index (χ0v) is 12.9. The molecular weight excluding hydrogens is 286 g/mol. The van der Waals surface area contributed by atoms with E-state index in [1.165, 1.54) is 6.07 Å². The lowest BCUT2D eigenvalue weighted by atomic mass is 10.1. The average molecular weight is 305 g/mol. The summed E-state index contributed by atoms with van der Waals surface area (Å²) in [5, 5.41) is 8.49. The molecule has 0 amide bonds. The molecule has 1 aromatic carbocycles. The molecule has 6 heteroatoms. The van der Waals surface area contributed by atoms with Crippen molar-refractivity contribution in [3.8, 4) is 0 Å². The first-order valence-electron chi connectivity index (χ1n) is 6.64. The molecule has 1 aromatic heterocycles. The molecule has 0 fully saturated rings. The van der Waals surface area contributed by atoms with Gasteiger partial charge in [-0.05, 0) is 43.2 Å². The largest absolute Gasteiger partial charge is 0.305 e. The number of nitrogens with zero attached hydrogens (tertiary/aromatic N) is 1. The number of rotatable bonds is 5. The maximum absolute atomic E-state index is 11.4. The highest BCUT2D eigenvalue weighted by atomic mass is 32.2. The molecule has 0 aliphatic heterocycles. The predicted octanol–water partition coefficient (Wildman–Crippen LogP) is 1.89. The minimum atomic E-state index is -3.67. The predicted molar refractivity (Wildman–Crippen MR) is 82.0 cm³/mol. The van der Waals surface area contributed by atoms with Gasteiger partial charge in [-0.1, -0.05) is 18.2 Å². The molecule has 0 spiro atoms. The maximum Gasteiger partial charge on any atom is 0.238 e. The van der Waals surface area contributed by atoms with Crippen LogP contribution in [0.25, 0.3) is 0 Å². The lowest BCUT2D eigenvalue weighted by Crippen LogP contribution is -2.20. The number of benzene rings is 1. The Labute approximate surface area is 125 Å². The number of pyridine rings is 1. The molecule has 0 aliphatic rings. The topological polar surface area (TPSA) is 85.1 Å². The van der Waals surface area contributed by atoms with Gasteiger partial charge >= 0.3 is 0 Å². The Morgan fingerprint density at radius 2 is 2.05 bits per heavy atom. The molecule has 0 bridgehead atoms. The fraction of sp³-hybridized carbons (Fsp3) is 0.267. The molecule has 0 radical (unpaired) electrons. The van der Waals surface area contributed by atoms with E-state index in [1.807, 2.05) is 32.0 Å². The van der Waals surface area contributed by atoms with Crippen molar-refractivity contribution in [1.82, 2.24) is 10.3 Å². The van der Waals surface area contributed by atoms with Crippen molar-refractivity contribution in [3.05, 3.63) is 59.4 Å². The number of nitrogens with one attached hydrogen (secondary N) is 1. The molecule has 5 nitrogen and oxygen atoms in total. The quantitative estimate of drug-likeness (QED) is 0.883. The van der Waals surface area contributed by atoms with Crippen molar-refractivity contribution in [1.29, 1.82) is 0 Å². The van der Waals surface area contributed by atoms with Gasteiger partial charge in [0.1, 0.15) is 0 Å². The Kier molecular flexibility index (Phi) is 4.72. The van der Waals surface area contributed by atoms with Crippen LogP contribution in [0.15, 0.2) is 47.5 Å². The summed E-state index contributed by atoms with van der Waals surface area (Å²) in [6.45, 7) is 4.60. The number of hydrogen-bond acceptors (Lipinski definition) is 4. The van der Waals surface area contributed by atoms with Gasteiger partial charge in [-0.15, -0.1) is 0 Å². The second-order valence-electron chi connectivity index (χ2n) is 4.99. The smallest absolute Gasteiger partial charge is 0.238 e. The summed E-state index contributed by atoms with van der Waals surface area (Å²) in [5.41, 5.74) is 2.97. The molecule has 1 atom stereocenters. The first kappa shape index (κ1) is 15.6. The zero-order chi connectivity index (χ0) is 15.5. The first-order valence-corrected chi connectivity index (χ1v) is 8.19. The third-order valence-electron chi connectivity index (χ3n) is 3.38. The van der Waals surface area contributed by atoms with Crippen LogP contribution in [0.1, 0.15) is 29.8 Å². The maximum atomic E-state index is 11.4. The molecular formula is C15H19N3O2S. The van der Waals surface area contributed by atoms with Crippen LogP contribution in [0, 0.1) is 6.92 Å². The van der Waals surface area contributed by atoms with Gasteiger partial charge in [-0.25, -0.2) is 13.6 Å². The van der Waals surface area contributed by atoms with Crippen LogP contribution in [0.3, 0.4) is 0 Å². The highest BCUT2D eigenvalue weighted by molar-refractivity contribution is 7.89. The number of aryl methyl sites for hydroxylation is 1. The van der Waals surface area contributed by atoms with Gasteiger partial charge in [0.25, 0.3) is 0 Å². The van der Waals surface area contributed by atoms with Crippen molar-refractivity contribution in [3.63, 3.8) is 0 Å². The summed E-state index contributed by atoms with van der Waals surface area (Å²) >= 11 is 0. The third-order valence-corrected chi connectivity index (χ3v) is 4.29. The first-order chi connectivity index (χ1) is 9.88. The van der Waals surface area contributed by atoms with Crippen molar-refractivity contribution in [2.45, 2.75) is 31.3 Å². The summed E-state index contributed by atoms with van der Waals surface area (Å²) in [5.74, 6) is 0. The van der Waals surface area contributed by atoms with Gasteiger partial charge in [0, 0.05) is 18.8 Å². The Morgan fingerprint density at radius 1 is 1.29 bits per heavy atom. The molecule has 0 saturated carbocycles. The van der Waals surface area contributed by atoms with Crippen LogP contribution < -0.4 is 10.5 Å². The van der Waals surface area contributed by atoms with E-state index in [-0.39, 0.29) is 10.9 Å². The average Bonchev–Trinajstić information content (AvgIpc) is 2.45. The Bertz CT molecular complexity index is 729. The monoisotopic (exact) mass is 305 g/mol. The molecule has 2 rings (SSSR count). The molecule has 1 heterocycles. The fourth-order valence-corrected chi connectivity index (χ4v) is 2.60. The number of hydrogen-bond donors (Lipinski definition) is 2. The normalized spacial score (nSPS) is 13.1. The third kappa shape index (κ3) is 4.10. The van der Waals surface area contributed by atoms with E-state index in [0.717, 1.165) is 16.8 Å². The van der Waals surface area contributed by atoms with E-state index in [9.17, 15) is 8.42 Å². The zero-order valence-electron chi connectivity index (χ0n) is 12.1. The van der Waals surface area contributed by atoms with Crippen LogP contribution in [0.4, 0.5) is 0 Å². The lowest BCUT2D eigenvalue weighted by Gasteiger charge is -2.15. The van der Waals surface area contributed by atoms with E-state index in [2.05, 4.69) is 10.3 Å². The highest BCUT2D eigenvalue weighted by Gasteiger charge is 2.11. The second-order valence-corrected chi connectivity index (χ2v) is 6.55. The van der Waals surface area contributed by atoms with Gasteiger partial charge in [-0.3, -0.25) is 4.98 Å². The molecule has 0 aliphatic carbocycles. The van der Waals surface area contributed by atoms with E-state index in [0.29, 0.717) is 6.54 Å². The van der Waals surface area contributed by atoms with Crippen molar-refractivity contribution in [2.75, 3.05) is 0 Å². The number of sulfonamides is 1. The van der Waals surface area contributed by atoms with Crippen LogP contribution >= 0.6 is 0 Å². The van der Waals surface area contributed by atoms with Crippen LogP contribution in [0.2, 0.25) is 0 Å². The van der Waals surface area contributed by atoms with Gasteiger partial charge in [0.15, 0.2) is 0 Å². The van der Waals surface area contributed by atoms with E-state index < -0.39 is 10.0 Å². The van der Waals surface area contributed by atoms with Crippen molar-refractivity contribution in [2.24, 2.45) is 5.14 Å². The lowest BCUT2D eigenvalue weighted by molar-refractivity contribution is 0.564. The van der Waals surface area contributed by atoms with E-state index >= 15 is 0 Å². The molecule has 112 valence electrons. The van der Waals surface area contributed by atoms with Crippen molar-refractivity contribution >= 4 is 10.0 Å². The Hall–Kier alpha value is -1.76. The summed E-state index contributed by atoms with van der Waals surface area (Å²) in [7, 11) is -3.67. The van der Waals surface area contributed by atoms with E-state index in [1.54, 1.807) is 18.3 Å². The molecule has 0 saturated heterocycles. The fourth-order valence-electron chi connectivity index (χ4n) is 2.03. The minimum absolute atomic E-state index is 0.00638. The van der Waals surface area contributed by atoms with Gasteiger partial charge < -0.3 is 5.32 Å². The standard InChI is InChI=1S/C15H19N3O2S/c1-11-5-4-8-17-15(11)10-18-12(2)13-6-3-7-14(9-13)21(16,19)20/h3-9,12,18H,10H2,1-2H3,(H2,16,19,20). The summed E-state index contributed by atoms with van der Waals surface area (Å²) in [6.07, 6.45) is 1.76. The van der Waals surface area contributed by atoms with E-state index in [4.69, 9.17) is 5.14 Å². The highest BCUT2D eigenvalue weighted by Crippen LogP contribution is 2.17. The number of aromatic nitrogens is 1. The molecule has 3 N–H and O–H groups in total. The molecule has 21 heavy (non-hydrogen) atoms. The van der Waals surface area contributed by atoms with Gasteiger partial charge in [0.05, 0.1) is 10.6 Å². The second kappa shape index (κ2) is 6.34. The number of nitrogens with two attached hydrogens (primary N) is 1. The Morgan fingerprint density at radius 3 is 2.71 bits per heavy atom. The van der Waals surface area contributed by atoms with Crippen LogP contribution in [0.5, 0.6) is 0 Å². The van der Waals surface area contributed by atoms with Gasteiger partial charge in [0.2, 0.25) is 10.0 Å². The van der Waals surface area contributed by atoms with Crippen LogP contribution in [-0.4, -0.2) is 13.4 Å². The SMILES string of the molecule is Cc1cccnc1CNC(C)c1cccc(S(N)(=O)=O)c1. The summed E-state index contributed by atoms with van der Waals surface area (Å²) in [4.78, 5) is 4.45. The van der Waals surface area contributed by atoms with Crippen LogP contribution in [-0.2, 0) is 16.6 Å².